The summed E-state index contributed by atoms with van der Waals surface area (Å²) >= 11 is 0. The number of allylic oxidation sites excluding steroid dienone is 1. The monoisotopic (exact) mass is 398 g/mol. The molecule has 1 aliphatic heterocycles. The molecule has 0 radical (unpaired) electrons. The van der Waals surface area contributed by atoms with Crippen LogP contribution in [0.2, 0.25) is 0 Å². The number of nitrogens with one attached hydrogen (secondary N) is 1. The molecule has 2 aromatic carbocycles. The van der Waals surface area contributed by atoms with E-state index in [1.807, 2.05) is 12.1 Å². The van der Waals surface area contributed by atoms with E-state index in [-0.39, 0.29) is 17.3 Å². The number of phenolic OH excluding ortho intramolecular Hbond substituents is 1. The summed E-state index contributed by atoms with van der Waals surface area (Å²) in [6.07, 6.45) is 3.86. The van der Waals surface area contributed by atoms with E-state index in [0.717, 1.165) is 19.4 Å². The maximum Gasteiger partial charge on any atom is 0.231 e. The summed E-state index contributed by atoms with van der Waals surface area (Å²) in [5, 5.41) is 10.4. The molecule has 0 aliphatic carbocycles. The van der Waals surface area contributed by atoms with Gasteiger partial charge in [0.2, 0.25) is 5.78 Å². The van der Waals surface area contributed by atoms with Crippen LogP contribution < -0.4 is 19.1 Å². The van der Waals surface area contributed by atoms with Gasteiger partial charge in [-0.15, -0.1) is 0 Å². The van der Waals surface area contributed by atoms with E-state index in [2.05, 4.69) is 14.0 Å². The molecule has 6 nitrogen and oxygen atoms in total. The second-order valence-corrected chi connectivity index (χ2v) is 7.20. The van der Waals surface area contributed by atoms with Gasteiger partial charge in [-0.3, -0.25) is 4.79 Å². The molecule has 0 amide bonds. The predicted molar refractivity (Wildman–Crippen MR) is 111 cm³/mol. The molecule has 1 unspecified atom stereocenters. The summed E-state index contributed by atoms with van der Waals surface area (Å²) in [4.78, 5) is 14.2. The number of carbonyl (C=O) groups excluding carboxylic acids is 1. The summed E-state index contributed by atoms with van der Waals surface area (Å²) in [5.41, 5.74) is 1.80. The number of benzene rings is 2. The Balaban J connectivity index is 1.95. The van der Waals surface area contributed by atoms with E-state index in [1.165, 1.54) is 4.90 Å². The second-order valence-electron chi connectivity index (χ2n) is 7.20. The maximum atomic E-state index is 12.9. The van der Waals surface area contributed by atoms with Crippen LogP contribution in [0.1, 0.15) is 41.3 Å². The molecule has 2 aromatic rings. The van der Waals surface area contributed by atoms with Gasteiger partial charge < -0.3 is 24.2 Å². The Hall–Kier alpha value is -2.99. The number of rotatable bonds is 8. The highest BCUT2D eigenvalue weighted by atomic mass is 16.5. The van der Waals surface area contributed by atoms with Gasteiger partial charge in [0.05, 0.1) is 38.9 Å². The second kappa shape index (κ2) is 9.01. The van der Waals surface area contributed by atoms with Crippen LogP contribution in [0.15, 0.2) is 36.1 Å². The molecule has 29 heavy (non-hydrogen) atoms. The Bertz CT molecular complexity index is 935. The van der Waals surface area contributed by atoms with Gasteiger partial charge in [0, 0.05) is 5.56 Å². The van der Waals surface area contributed by atoms with Crippen LogP contribution >= 0.6 is 0 Å². The minimum atomic E-state index is -0.211. The van der Waals surface area contributed by atoms with Gasteiger partial charge in [-0.05, 0) is 30.7 Å². The van der Waals surface area contributed by atoms with Gasteiger partial charge in [-0.25, -0.2) is 0 Å². The number of methoxy groups -OCH3 is 2. The van der Waals surface area contributed by atoms with Crippen molar-refractivity contribution in [2.45, 2.75) is 26.3 Å². The van der Waals surface area contributed by atoms with E-state index < -0.39 is 0 Å². The number of unbranched alkanes of at least 4 members (excludes halogenated alkanes) is 1. The van der Waals surface area contributed by atoms with Gasteiger partial charge in [-0.2, -0.15) is 0 Å². The summed E-state index contributed by atoms with van der Waals surface area (Å²) < 4.78 is 16.7. The van der Waals surface area contributed by atoms with Crippen LogP contribution in [-0.4, -0.2) is 38.7 Å². The van der Waals surface area contributed by atoms with Crippen LogP contribution in [0.4, 0.5) is 0 Å². The number of aromatic hydroxyl groups is 1. The molecular weight excluding hydrogens is 370 g/mol. The van der Waals surface area contributed by atoms with Crippen LogP contribution in [-0.2, 0) is 6.54 Å². The molecule has 154 valence electrons. The van der Waals surface area contributed by atoms with Gasteiger partial charge in [-0.1, -0.05) is 25.5 Å². The zero-order valence-electron chi connectivity index (χ0n) is 17.4. The fourth-order valence-electron chi connectivity index (χ4n) is 3.50. The lowest BCUT2D eigenvalue weighted by Crippen LogP contribution is -3.07. The fraction of sp³-hybridized carbons (Fsp3) is 0.348. The summed E-state index contributed by atoms with van der Waals surface area (Å²) in [6, 6.07) is 8.62. The molecule has 1 heterocycles. The first kappa shape index (κ1) is 20.7. The van der Waals surface area contributed by atoms with E-state index in [4.69, 9.17) is 14.2 Å². The number of ketones is 1. The number of hydrogen-bond donors (Lipinski definition) is 2. The fourth-order valence-corrected chi connectivity index (χ4v) is 3.50. The standard InChI is InChI=1S/C23H27NO5/c1-5-6-12-24(2)14-17-18(25)11-10-16-21(26)20(29-23(16)17)13-15-8-7-9-19(27-3)22(15)28-4/h7-11,13,25H,5-6,12,14H2,1-4H3/p+1. The molecule has 1 atom stereocenters. The average Bonchev–Trinajstić information content (AvgIpc) is 3.04. The summed E-state index contributed by atoms with van der Waals surface area (Å²) in [5.74, 6) is 1.68. The SMILES string of the molecule is CCCC[NH+](C)Cc1c(O)ccc2c1OC(=Cc1cccc(OC)c1OC)C2=O. The van der Waals surface area contributed by atoms with E-state index >= 15 is 0 Å². The van der Waals surface area contributed by atoms with Crippen molar-refractivity contribution in [3.63, 3.8) is 0 Å². The number of Topliss-reactive ketones (excluding diaryl/α,β-unsaturated/α-hetero) is 1. The number of hydrogen-bond acceptors (Lipinski definition) is 5. The van der Waals surface area contributed by atoms with Crippen LogP contribution in [0.3, 0.4) is 0 Å². The highest BCUT2D eigenvalue weighted by Gasteiger charge is 2.32. The molecule has 0 bridgehead atoms. The van der Waals surface area contributed by atoms with Crippen molar-refractivity contribution in [3.8, 4) is 23.0 Å². The number of phenols is 1. The predicted octanol–water partition coefficient (Wildman–Crippen LogP) is 2.84. The molecule has 0 spiro atoms. The van der Waals surface area contributed by atoms with Gasteiger partial charge in [0.25, 0.3) is 0 Å². The van der Waals surface area contributed by atoms with Gasteiger partial charge in [0.15, 0.2) is 23.0 Å². The number of quaternary nitrogens is 1. The molecular formula is C23H28NO5+. The largest absolute Gasteiger partial charge is 0.507 e. The highest BCUT2D eigenvalue weighted by molar-refractivity contribution is 6.15. The zero-order valence-corrected chi connectivity index (χ0v) is 17.4. The Labute approximate surface area is 171 Å². The number of ether oxygens (including phenoxy) is 3. The lowest BCUT2D eigenvalue weighted by atomic mass is 10.0. The van der Waals surface area contributed by atoms with Gasteiger partial charge >= 0.3 is 0 Å². The van der Waals surface area contributed by atoms with Crippen molar-refractivity contribution in [2.75, 3.05) is 27.8 Å². The Morgan fingerprint density at radius 1 is 1.17 bits per heavy atom. The topological polar surface area (TPSA) is 69.4 Å². The average molecular weight is 398 g/mol. The minimum Gasteiger partial charge on any atom is -0.507 e. The van der Waals surface area contributed by atoms with Crippen LogP contribution in [0.25, 0.3) is 6.08 Å². The van der Waals surface area contributed by atoms with E-state index in [0.29, 0.717) is 40.5 Å². The lowest BCUT2D eigenvalue weighted by Gasteiger charge is -2.16. The number of para-hydroxylation sites is 1. The molecule has 0 saturated carbocycles. The van der Waals surface area contributed by atoms with Crippen molar-refractivity contribution in [1.29, 1.82) is 0 Å². The van der Waals surface area contributed by atoms with Crippen LogP contribution in [0, 0.1) is 0 Å². The third kappa shape index (κ3) is 4.22. The molecule has 0 aromatic heterocycles. The first-order valence-electron chi connectivity index (χ1n) is 9.81. The third-order valence-electron chi connectivity index (χ3n) is 5.07. The first-order chi connectivity index (χ1) is 14.0. The lowest BCUT2D eigenvalue weighted by molar-refractivity contribution is -0.894. The van der Waals surface area contributed by atoms with Crippen molar-refractivity contribution in [3.05, 3.63) is 52.8 Å². The molecule has 1 aliphatic rings. The smallest absolute Gasteiger partial charge is 0.231 e. The Morgan fingerprint density at radius 3 is 2.66 bits per heavy atom. The van der Waals surface area contributed by atoms with Crippen molar-refractivity contribution in [2.24, 2.45) is 0 Å². The summed E-state index contributed by atoms with van der Waals surface area (Å²) in [6.45, 7) is 3.71. The Morgan fingerprint density at radius 2 is 1.97 bits per heavy atom. The third-order valence-corrected chi connectivity index (χ3v) is 5.07. The van der Waals surface area contributed by atoms with E-state index in [1.54, 1.807) is 38.5 Å². The summed E-state index contributed by atoms with van der Waals surface area (Å²) in [7, 11) is 5.19. The molecule has 0 saturated heterocycles. The first-order valence-corrected chi connectivity index (χ1v) is 9.81. The zero-order chi connectivity index (χ0) is 21.0. The normalized spacial score (nSPS) is 15.2. The van der Waals surface area contributed by atoms with Gasteiger partial charge in [0.1, 0.15) is 12.3 Å². The van der Waals surface area contributed by atoms with Crippen molar-refractivity contribution >= 4 is 11.9 Å². The molecule has 2 N–H and O–H groups in total. The molecule has 3 rings (SSSR count). The van der Waals surface area contributed by atoms with E-state index in [9.17, 15) is 9.90 Å². The Kier molecular flexibility index (Phi) is 6.44. The highest BCUT2D eigenvalue weighted by Crippen LogP contribution is 2.40. The van der Waals surface area contributed by atoms with Crippen molar-refractivity contribution < 1.29 is 29.0 Å². The maximum absolute atomic E-state index is 12.9. The quantitative estimate of drug-likeness (QED) is 0.670. The molecule has 0 fully saturated rings. The van der Waals surface area contributed by atoms with Crippen LogP contribution in [0.5, 0.6) is 23.0 Å². The van der Waals surface area contributed by atoms with Crippen molar-refractivity contribution in [1.82, 2.24) is 0 Å². The number of fused-ring (bicyclic) bond motifs is 1. The molecule has 6 heteroatoms. The number of carbonyl (C=O) groups is 1. The minimum absolute atomic E-state index is 0.146.